The van der Waals surface area contributed by atoms with E-state index in [1.807, 2.05) is 13.8 Å². The maximum absolute atomic E-state index is 14.5. The Morgan fingerprint density at radius 3 is 2.36 bits per heavy atom. The summed E-state index contributed by atoms with van der Waals surface area (Å²) in [7, 11) is 0. The molecular weight excluding hydrogens is 576 g/mol. The van der Waals surface area contributed by atoms with E-state index in [1.165, 1.54) is 17.0 Å². The van der Waals surface area contributed by atoms with Gasteiger partial charge in [0.2, 0.25) is 11.8 Å². The van der Waals surface area contributed by atoms with E-state index in [9.17, 15) is 28.6 Å². The third-order valence-corrected chi connectivity index (χ3v) is 8.92. The number of halogens is 2. The number of nitrogens with zero attached hydrogens (tertiary/aromatic N) is 5. The molecule has 3 aliphatic heterocycles. The zero-order valence-corrected chi connectivity index (χ0v) is 25.6. The Kier molecular flexibility index (Phi) is 9.68. The lowest BCUT2D eigenvalue weighted by molar-refractivity contribution is -0.122. The van der Waals surface area contributed by atoms with Crippen molar-refractivity contribution < 1.29 is 38.1 Å². The largest absolute Gasteiger partial charge is 0.474 e. The van der Waals surface area contributed by atoms with E-state index in [0.717, 1.165) is 6.07 Å². The Bertz CT molecular complexity index is 1370. The first kappa shape index (κ1) is 32.0. The molecule has 1 unspecified atom stereocenters. The monoisotopic (exact) mass is 617 g/mol. The van der Waals surface area contributed by atoms with Crippen LogP contribution in [0.15, 0.2) is 24.3 Å². The summed E-state index contributed by atoms with van der Waals surface area (Å²) >= 11 is 0. The van der Waals surface area contributed by atoms with E-state index >= 15 is 0 Å². The molecule has 4 heterocycles. The van der Waals surface area contributed by atoms with Crippen molar-refractivity contribution in [3.63, 3.8) is 0 Å². The predicted octanol–water partition coefficient (Wildman–Crippen LogP) is 2.72. The van der Waals surface area contributed by atoms with E-state index in [2.05, 4.69) is 28.6 Å². The molecule has 2 amide bonds. The normalized spacial score (nSPS) is 26.3. The highest BCUT2D eigenvalue weighted by molar-refractivity contribution is 5.97. The van der Waals surface area contributed by atoms with Crippen molar-refractivity contribution in [2.75, 3.05) is 50.9 Å². The summed E-state index contributed by atoms with van der Waals surface area (Å²) in [6.07, 6.45) is -0.950. The molecule has 3 aliphatic rings. The Labute approximate surface area is 255 Å². The van der Waals surface area contributed by atoms with Gasteiger partial charge in [-0.1, -0.05) is 6.07 Å². The molecule has 2 aromatic rings. The van der Waals surface area contributed by atoms with Crippen molar-refractivity contribution in [2.45, 2.75) is 70.9 Å². The summed E-state index contributed by atoms with van der Waals surface area (Å²) in [4.78, 5) is 38.1. The van der Waals surface area contributed by atoms with Crippen molar-refractivity contribution in [2.24, 2.45) is 0 Å². The summed E-state index contributed by atoms with van der Waals surface area (Å²) in [6.45, 7) is 10.1. The molecule has 2 fully saturated rings. The minimum Gasteiger partial charge on any atom is -0.474 e. The van der Waals surface area contributed by atoms with E-state index < -0.39 is 24.3 Å². The predicted molar refractivity (Wildman–Crippen MR) is 158 cm³/mol. The molecular formula is C31H41F2N5O6. The minimum atomic E-state index is -0.983. The topological polar surface area (TPSA) is 119 Å². The van der Waals surface area contributed by atoms with Gasteiger partial charge in [0.25, 0.3) is 0 Å². The van der Waals surface area contributed by atoms with Gasteiger partial charge in [-0.3, -0.25) is 14.6 Å². The molecule has 11 nitrogen and oxygen atoms in total. The fourth-order valence-corrected chi connectivity index (χ4v) is 6.52. The Morgan fingerprint density at radius 1 is 0.977 bits per heavy atom. The van der Waals surface area contributed by atoms with Gasteiger partial charge in [-0.15, -0.1) is 0 Å². The van der Waals surface area contributed by atoms with Crippen LogP contribution < -0.4 is 9.64 Å². The van der Waals surface area contributed by atoms with Crippen molar-refractivity contribution in [1.29, 1.82) is 0 Å². The van der Waals surface area contributed by atoms with E-state index in [1.54, 1.807) is 11.0 Å². The van der Waals surface area contributed by atoms with Crippen LogP contribution in [0.5, 0.6) is 5.88 Å². The van der Waals surface area contributed by atoms with E-state index in [-0.39, 0.29) is 79.4 Å². The average Bonchev–Trinajstić information content (AvgIpc) is 2.96. The van der Waals surface area contributed by atoms with Crippen molar-refractivity contribution in [1.82, 2.24) is 19.7 Å². The summed E-state index contributed by atoms with van der Waals surface area (Å²) < 4.78 is 39.6. The fraction of sp³-hybridized carbons (Fsp3) is 0.581. The number of ether oxygens (including phenoxy) is 2. The smallest absolute Gasteiger partial charge is 0.407 e. The Morgan fingerprint density at radius 2 is 1.70 bits per heavy atom. The first-order valence-electron chi connectivity index (χ1n) is 15.1. The van der Waals surface area contributed by atoms with Crippen molar-refractivity contribution >= 4 is 17.7 Å². The highest BCUT2D eigenvalue weighted by atomic mass is 19.1. The molecule has 0 saturated carbocycles. The van der Waals surface area contributed by atoms with Crippen LogP contribution in [-0.2, 0) is 22.6 Å². The highest BCUT2D eigenvalue weighted by Crippen LogP contribution is 2.36. The number of pyridine rings is 1. The van der Waals surface area contributed by atoms with E-state index in [0.29, 0.717) is 37.6 Å². The first-order valence-corrected chi connectivity index (χ1v) is 15.1. The molecule has 2 saturated heterocycles. The summed E-state index contributed by atoms with van der Waals surface area (Å²) in [5.41, 5.74) is 1.41. The van der Waals surface area contributed by atoms with Crippen molar-refractivity contribution in [3.8, 4) is 5.88 Å². The van der Waals surface area contributed by atoms with Gasteiger partial charge in [0, 0.05) is 56.3 Å². The zero-order chi connectivity index (χ0) is 31.7. The number of aliphatic hydroxyl groups is 1. The van der Waals surface area contributed by atoms with Gasteiger partial charge in [-0.2, -0.15) is 0 Å². The summed E-state index contributed by atoms with van der Waals surface area (Å²) in [5.74, 6) is -1.41. The second-order valence-electron chi connectivity index (χ2n) is 12.2. The number of fused-ring (bicyclic) bond motifs is 1. The minimum absolute atomic E-state index is 0.0331. The lowest BCUT2D eigenvalue weighted by Crippen LogP contribution is -2.65. The lowest BCUT2D eigenvalue weighted by atomic mass is 10.0. The van der Waals surface area contributed by atoms with Gasteiger partial charge in [0.05, 0.1) is 38.1 Å². The standard InChI is InChI=1S/C31H41F2N5O6/c1-18-10-35(25(12-37(18)31(41)42)11-36-19(2)15-43-16-20(36)3)13-29(40)38-21(4)17-44-30-28(38)8-23(27(14-39)34-30)7-22-5-6-24(32)9-26(22)33/h5-6,8-9,18-21,25,39H,7,10-17H2,1-4H3,(H,41,42)/t18-,19-,20-,21?,25+/m1/s1. The summed E-state index contributed by atoms with van der Waals surface area (Å²) in [6, 6.07) is 4.43. The number of rotatable bonds is 7. The van der Waals surface area contributed by atoms with Crippen LogP contribution in [0.2, 0.25) is 0 Å². The second kappa shape index (κ2) is 13.3. The third kappa shape index (κ3) is 6.65. The van der Waals surface area contributed by atoms with Crippen LogP contribution in [0.25, 0.3) is 0 Å². The quantitative estimate of drug-likeness (QED) is 0.484. The van der Waals surface area contributed by atoms with Gasteiger partial charge < -0.3 is 29.5 Å². The molecule has 0 radical (unpaired) electrons. The first-order chi connectivity index (χ1) is 21.0. The maximum atomic E-state index is 14.5. The average molecular weight is 618 g/mol. The van der Waals surface area contributed by atoms with Crippen LogP contribution in [0, 0.1) is 11.6 Å². The number of amides is 2. The van der Waals surface area contributed by atoms with E-state index in [4.69, 9.17) is 9.47 Å². The number of piperazine rings is 1. The van der Waals surface area contributed by atoms with Crippen molar-refractivity contribution in [3.05, 3.63) is 52.7 Å². The maximum Gasteiger partial charge on any atom is 0.407 e. The molecule has 240 valence electrons. The molecule has 1 aromatic carbocycles. The molecule has 2 N–H and O–H groups in total. The number of aliphatic hydroxyl groups excluding tert-OH is 1. The molecule has 5 rings (SSSR count). The molecule has 44 heavy (non-hydrogen) atoms. The van der Waals surface area contributed by atoms with Crippen LogP contribution >= 0.6 is 0 Å². The van der Waals surface area contributed by atoms with Gasteiger partial charge >= 0.3 is 6.09 Å². The molecule has 0 spiro atoms. The van der Waals surface area contributed by atoms with Gasteiger partial charge in [-0.25, -0.2) is 18.6 Å². The zero-order valence-electron chi connectivity index (χ0n) is 25.6. The SMILES string of the molecule is CC1COc2nc(CO)c(Cc3ccc(F)cc3F)cc2N1C(=O)CN1C[C@@H](C)N(C(=O)O)C[C@@H]1CN1[C@H](C)COC[C@H]1C. The number of anilines is 1. The number of morpholine rings is 1. The number of hydrogen-bond acceptors (Lipinski definition) is 8. The molecule has 13 heteroatoms. The second-order valence-corrected chi connectivity index (χ2v) is 12.2. The lowest BCUT2D eigenvalue weighted by Gasteiger charge is -2.48. The van der Waals surface area contributed by atoms with Crippen LogP contribution in [-0.4, -0.2) is 118 Å². The van der Waals surface area contributed by atoms with Crippen LogP contribution in [0.3, 0.4) is 0 Å². The molecule has 1 aromatic heterocycles. The number of hydrogen-bond donors (Lipinski definition) is 2. The number of benzene rings is 1. The number of carbonyl (C=O) groups excluding carboxylic acids is 1. The van der Waals surface area contributed by atoms with Gasteiger partial charge in [0.1, 0.15) is 23.9 Å². The number of carbonyl (C=O) groups is 2. The fourth-order valence-electron chi connectivity index (χ4n) is 6.52. The van der Waals surface area contributed by atoms with Gasteiger partial charge in [-0.05, 0) is 51.0 Å². The van der Waals surface area contributed by atoms with Crippen LogP contribution in [0.4, 0.5) is 19.3 Å². The number of aromatic nitrogens is 1. The molecule has 0 aliphatic carbocycles. The van der Waals surface area contributed by atoms with Gasteiger partial charge in [0.15, 0.2) is 0 Å². The highest BCUT2D eigenvalue weighted by Gasteiger charge is 2.40. The Hall–Kier alpha value is -3.39. The molecule has 5 atom stereocenters. The number of carboxylic acid groups (broad SMARTS) is 1. The molecule has 0 bridgehead atoms. The summed E-state index contributed by atoms with van der Waals surface area (Å²) in [5, 5.41) is 19.9. The Balaban J connectivity index is 1.42. The third-order valence-electron chi connectivity index (χ3n) is 8.92. The van der Waals surface area contributed by atoms with Crippen LogP contribution in [0.1, 0.15) is 44.5 Å².